The van der Waals surface area contributed by atoms with Crippen LogP contribution < -0.4 is 10.1 Å². The summed E-state index contributed by atoms with van der Waals surface area (Å²) in [6.07, 6.45) is 3.25. The van der Waals surface area contributed by atoms with Gasteiger partial charge in [-0.3, -0.25) is 0 Å². The summed E-state index contributed by atoms with van der Waals surface area (Å²) in [5.41, 5.74) is 0.773. The van der Waals surface area contributed by atoms with Crippen molar-refractivity contribution < 1.29 is 13.2 Å². The van der Waals surface area contributed by atoms with Crippen LogP contribution in [0.5, 0.6) is 5.75 Å². The average Bonchev–Trinajstić information content (AvgIpc) is 2.80. The Hall–Kier alpha value is -1.07. The van der Waals surface area contributed by atoms with Crippen LogP contribution in [0.1, 0.15) is 24.4 Å². The molecule has 1 atom stereocenters. The first-order valence-electron chi connectivity index (χ1n) is 5.64. The number of rotatable bonds is 3. The van der Waals surface area contributed by atoms with E-state index < -0.39 is 9.84 Å². The molecule has 1 saturated heterocycles. The number of sulfone groups is 1. The van der Waals surface area contributed by atoms with E-state index in [1.165, 1.54) is 6.26 Å². The molecule has 0 aromatic heterocycles. The number of ether oxygens (including phenoxy) is 1. The standard InChI is InChI=1S/C12H17NO3S/c1-16-10-6-3-7-11(17(2,14)15)12(10)9-5-4-8-13-9/h3,6-7,9,13H,4-5,8H2,1-2H3. The van der Waals surface area contributed by atoms with Gasteiger partial charge in [0, 0.05) is 17.9 Å². The Morgan fingerprint density at radius 2 is 2.18 bits per heavy atom. The third-order valence-corrected chi connectivity index (χ3v) is 4.21. The van der Waals surface area contributed by atoms with Crippen molar-refractivity contribution in [2.45, 2.75) is 23.8 Å². The molecule has 0 bridgehead atoms. The van der Waals surface area contributed by atoms with Crippen LogP contribution in [-0.4, -0.2) is 28.3 Å². The van der Waals surface area contributed by atoms with E-state index in [1.807, 2.05) is 6.07 Å². The van der Waals surface area contributed by atoms with Gasteiger partial charge in [0.05, 0.1) is 12.0 Å². The van der Waals surface area contributed by atoms with Gasteiger partial charge in [0.1, 0.15) is 5.75 Å². The Morgan fingerprint density at radius 1 is 1.41 bits per heavy atom. The molecule has 1 aliphatic rings. The Kier molecular flexibility index (Phi) is 3.40. The lowest BCUT2D eigenvalue weighted by molar-refractivity contribution is 0.400. The zero-order valence-corrected chi connectivity index (χ0v) is 10.9. The lowest BCUT2D eigenvalue weighted by Crippen LogP contribution is -2.17. The molecule has 1 aromatic carbocycles. The zero-order valence-electron chi connectivity index (χ0n) is 10.1. The average molecular weight is 255 g/mol. The predicted octanol–water partition coefficient (Wildman–Crippen LogP) is 1.52. The highest BCUT2D eigenvalue weighted by Crippen LogP contribution is 2.35. The molecule has 0 spiro atoms. The van der Waals surface area contributed by atoms with Gasteiger partial charge in [-0.15, -0.1) is 0 Å². The molecule has 4 nitrogen and oxygen atoms in total. The van der Waals surface area contributed by atoms with Crippen molar-refractivity contribution in [1.82, 2.24) is 5.32 Å². The minimum atomic E-state index is -3.22. The Bertz CT molecular complexity index is 504. The van der Waals surface area contributed by atoms with Gasteiger partial charge in [-0.25, -0.2) is 8.42 Å². The summed E-state index contributed by atoms with van der Waals surface area (Å²) in [5.74, 6) is 0.646. The summed E-state index contributed by atoms with van der Waals surface area (Å²) in [5, 5.41) is 3.32. The summed E-state index contributed by atoms with van der Waals surface area (Å²) in [7, 11) is -1.65. The second-order valence-electron chi connectivity index (χ2n) is 4.29. The molecule has 1 heterocycles. The fraction of sp³-hybridized carbons (Fsp3) is 0.500. The normalized spacial score (nSPS) is 20.5. The van der Waals surface area contributed by atoms with Gasteiger partial charge in [-0.2, -0.15) is 0 Å². The van der Waals surface area contributed by atoms with E-state index in [9.17, 15) is 8.42 Å². The molecule has 1 unspecified atom stereocenters. The molecule has 1 aromatic rings. The van der Waals surface area contributed by atoms with Crippen LogP contribution in [0.3, 0.4) is 0 Å². The second kappa shape index (κ2) is 4.66. The highest BCUT2D eigenvalue weighted by molar-refractivity contribution is 7.90. The minimum absolute atomic E-state index is 0.0795. The van der Waals surface area contributed by atoms with E-state index in [0.717, 1.165) is 24.9 Å². The molecule has 1 N–H and O–H groups in total. The Labute approximate surface area is 102 Å². The van der Waals surface area contributed by atoms with Crippen LogP contribution in [-0.2, 0) is 9.84 Å². The molecule has 0 amide bonds. The molecular weight excluding hydrogens is 238 g/mol. The Balaban J connectivity index is 2.59. The van der Waals surface area contributed by atoms with E-state index in [-0.39, 0.29) is 6.04 Å². The molecule has 5 heteroatoms. The highest BCUT2D eigenvalue weighted by Gasteiger charge is 2.26. The maximum Gasteiger partial charge on any atom is 0.175 e. The summed E-state index contributed by atoms with van der Waals surface area (Å²) in [6.45, 7) is 0.923. The van der Waals surface area contributed by atoms with Gasteiger partial charge in [0.25, 0.3) is 0 Å². The largest absolute Gasteiger partial charge is 0.496 e. The van der Waals surface area contributed by atoms with Gasteiger partial charge in [0.2, 0.25) is 0 Å². The van der Waals surface area contributed by atoms with Crippen molar-refractivity contribution in [3.63, 3.8) is 0 Å². The molecule has 2 rings (SSSR count). The fourth-order valence-electron chi connectivity index (χ4n) is 2.30. The van der Waals surface area contributed by atoms with Crippen LogP contribution >= 0.6 is 0 Å². The number of benzene rings is 1. The maximum atomic E-state index is 11.8. The van der Waals surface area contributed by atoms with Gasteiger partial charge in [0.15, 0.2) is 9.84 Å². The number of hydrogen-bond donors (Lipinski definition) is 1. The first-order valence-corrected chi connectivity index (χ1v) is 7.53. The molecule has 94 valence electrons. The van der Waals surface area contributed by atoms with Crippen molar-refractivity contribution >= 4 is 9.84 Å². The number of nitrogens with one attached hydrogen (secondary N) is 1. The molecule has 0 saturated carbocycles. The van der Waals surface area contributed by atoms with Crippen LogP contribution in [0.25, 0.3) is 0 Å². The first kappa shape index (κ1) is 12.4. The monoisotopic (exact) mass is 255 g/mol. The summed E-state index contributed by atoms with van der Waals surface area (Å²) >= 11 is 0. The van der Waals surface area contributed by atoms with Crippen LogP contribution in [0.2, 0.25) is 0 Å². The van der Waals surface area contributed by atoms with E-state index in [0.29, 0.717) is 10.6 Å². The van der Waals surface area contributed by atoms with Crippen molar-refractivity contribution in [2.24, 2.45) is 0 Å². The lowest BCUT2D eigenvalue weighted by atomic mass is 10.0. The fourth-order valence-corrected chi connectivity index (χ4v) is 3.27. The molecule has 1 aliphatic heterocycles. The third kappa shape index (κ3) is 2.45. The smallest absolute Gasteiger partial charge is 0.175 e. The molecule has 17 heavy (non-hydrogen) atoms. The van der Waals surface area contributed by atoms with Gasteiger partial charge in [-0.05, 0) is 31.5 Å². The first-order chi connectivity index (χ1) is 8.04. The third-order valence-electron chi connectivity index (χ3n) is 3.05. The Morgan fingerprint density at radius 3 is 2.71 bits per heavy atom. The van der Waals surface area contributed by atoms with E-state index in [4.69, 9.17) is 4.74 Å². The quantitative estimate of drug-likeness (QED) is 0.889. The number of methoxy groups -OCH3 is 1. The predicted molar refractivity (Wildman–Crippen MR) is 66.1 cm³/mol. The molecular formula is C12H17NO3S. The lowest BCUT2D eigenvalue weighted by Gasteiger charge is -2.18. The zero-order chi connectivity index (χ0) is 12.5. The van der Waals surface area contributed by atoms with E-state index >= 15 is 0 Å². The van der Waals surface area contributed by atoms with E-state index in [1.54, 1.807) is 19.2 Å². The van der Waals surface area contributed by atoms with Crippen LogP contribution in [0.15, 0.2) is 23.1 Å². The van der Waals surface area contributed by atoms with Crippen molar-refractivity contribution in [3.05, 3.63) is 23.8 Å². The maximum absolute atomic E-state index is 11.8. The SMILES string of the molecule is COc1cccc(S(C)(=O)=O)c1C1CCCN1. The number of hydrogen-bond acceptors (Lipinski definition) is 4. The van der Waals surface area contributed by atoms with Crippen molar-refractivity contribution in [2.75, 3.05) is 19.9 Å². The highest BCUT2D eigenvalue weighted by atomic mass is 32.2. The van der Waals surface area contributed by atoms with Gasteiger partial charge in [-0.1, -0.05) is 6.07 Å². The second-order valence-corrected chi connectivity index (χ2v) is 6.28. The van der Waals surface area contributed by atoms with Crippen molar-refractivity contribution in [3.8, 4) is 5.75 Å². The molecule has 0 aliphatic carbocycles. The van der Waals surface area contributed by atoms with Crippen molar-refractivity contribution in [1.29, 1.82) is 0 Å². The topological polar surface area (TPSA) is 55.4 Å². The van der Waals surface area contributed by atoms with Gasteiger partial charge < -0.3 is 10.1 Å². The van der Waals surface area contributed by atoms with Crippen LogP contribution in [0.4, 0.5) is 0 Å². The summed E-state index contributed by atoms with van der Waals surface area (Å²) < 4.78 is 28.9. The molecule has 0 radical (unpaired) electrons. The summed E-state index contributed by atoms with van der Waals surface area (Å²) in [6, 6.07) is 5.25. The summed E-state index contributed by atoms with van der Waals surface area (Å²) in [4.78, 5) is 0.372. The minimum Gasteiger partial charge on any atom is -0.496 e. The molecule has 1 fully saturated rings. The van der Waals surface area contributed by atoms with Crippen LogP contribution in [0, 0.1) is 0 Å². The van der Waals surface area contributed by atoms with Gasteiger partial charge >= 0.3 is 0 Å². The van der Waals surface area contributed by atoms with E-state index in [2.05, 4.69) is 5.32 Å².